The highest BCUT2D eigenvalue weighted by Crippen LogP contribution is 2.31. The van der Waals surface area contributed by atoms with Crippen LogP contribution >= 0.6 is 11.6 Å². The van der Waals surface area contributed by atoms with Crippen LogP contribution in [0, 0.1) is 10.1 Å². The first-order valence-electron chi connectivity index (χ1n) is 6.02. The molecule has 0 aliphatic rings. The van der Waals surface area contributed by atoms with E-state index in [2.05, 4.69) is 5.32 Å². The smallest absolute Gasteiger partial charge is 0.264 e. The Morgan fingerprint density at radius 1 is 1.27 bits per heavy atom. The molecule has 2 rings (SSSR count). The van der Waals surface area contributed by atoms with E-state index in [1.165, 1.54) is 7.11 Å². The number of carbonyl (C=O) groups is 1. The summed E-state index contributed by atoms with van der Waals surface area (Å²) in [6.07, 6.45) is 0. The number of ether oxygens (including phenoxy) is 1. The maximum atomic E-state index is 12.1. The zero-order valence-corrected chi connectivity index (χ0v) is 12.1. The molecule has 0 fully saturated rings. The largest absolute Gasteiger partial charge is 0.867 e. The molecule has 0 spiro atoms. The van der Waals surface area contributed by atoms with Gasteiger partial charge in [-0.05, 0) is 36.1 Å². The van der Waals surface area contributed by atoms with Crippen LogP contribution in [0.4, 0.5) is 11.4 Å². The predicted molar refractivity (Wildman–Crippen MR) is 78.5 cm³/mol. The number of amides is 1. The van der Waals surface area contributed by atoms with Gasteiger partial charge in [0.25, 0.3) is 11.6 Å². The second-order valence-electron chi connectivity index (χ2n) is 4.24. The van der Waals surface area contributed by atoms with Crippen LogP contribution in [-0.2, 0) is 0 Å². The number of benzene rings is 2. The highest BCUT2D eigenvalue weighted by Gasteiger charge is 2.17. The van der Waals surface area contributed by atoms with Gasteiger partial charge < -0.3 is 15.2 Å². The van der Waals surface area contributed by atoms with Gasteiger partial charge in [0, 0.05) is 22.3 Å². The number of hydrogen-bond acceptors (Lipinski definition) is 5. The van der Waals surface area contributed by atoms with Crippen LogP contribution in [0.5, 0.6) is 11.5 Å². The number of methoxy groups -OCH3 is 1. The van der Waals surface area contributed by atoms with Gasteiger partial charge >= 0.3 is 0 Å². The molecule has 2 aromatic carbocycles. The van der Waals surface area contributed by atoms with Crippen LogP contribution in [-0.4, -0.2) is 17.9 Å². The normalized spacial score (nSPS) is 10.1. The number of rotatable bonds is 4. The molecule has 0 aromatic heterocycles. The number of halogens is 1. The third-order valence-electron chi connectivity index (χ3n) is 2.82. The summed E-state index contributed by atoms with van der Waals surface area (Å²) in [4.78, 5) is 22.0. The molecule has 7 nitrogen and oxygen atoms in total. The van der Waals surface area contributed by atoms with Gasteiger partial charge in [-0.3, -0.25) is 14.9 Å². The van der Waals surface area contributed by atoms with Gasteiger partial charge in [0.1, 0.15) is 5.75 Å². The summed E-state index contributed by atoms with van der Waals surface area (Å²) in [5, 5.41) is 25.1. The number of hydrogen-bond donors (Lipinski definition) is 1. The molecule has 0 atom stereocenters. The van der Waals surface area contributed by atoms with Crippen molar-refractivity contribution in [3.8, 4) is 11.5 Å². The summed E-state index contributed by atoms with van der Waals surface area (Å²) in [5.41, 5.74) is -0.727. The van der Waals surface area contributed by atoms with Gasteiger partial charge in [-0.15, -0.1) is 0 Å². The van der Waals surface area contributed by atoms with Crippen molar-refractivity contribution in [3.05, 3.63) is 57.1 Å². The first-order valence-corrected chi connectivity index (χ1v) is 6.40. The van der Waals surface area contributed by atoms with Crippen LogP contribution in [0.3, 0.4) is 0 Å². The molecule has 0 heterocycles. The number of nitro groups is 1. The van der Waals surface area contributed by atoms with Gasteiger partial charge in [0.15, 0.2) is 0 Å². The zero-order chi connectivity index (χ0) is 16.3. The van der Waals surface area contributed by atoms with E-state index in [1.54, 1.807) is 24.3 Å². The fraction of sp³-hybridized carbons (Fsp3) is 0.0714. The second-order valence-corrected chi connectivity index (χ2v) is 4.68. The molecular formula is C14H10ClN2O5-. The van der Waals surface area contributed by atoms with Crippen LogP contribution in [0.15, 0.2) is 36.4 Å². The summed E-state index contributed by atoms with van der Waals surface area (Å²) in [6, 6.07) is 8.38. The monoisotopic (exact) mass is 321 g/mol. The van der Waals surface area contributed by atoms with E-state index in [0.29, 0.717) is 11.4 Å². The summed E-state index contributed by atoms with van der Waals surface area (Å²) in [6.45, 7) is 0. The molecule has 0 bridgehead atoms. The first kappa shape index (κ1) is 15.6. The molecule has 8 heteroatoms. The lowest BCUT2D eigenvalue weighted by Crippen LogP contribution is -2.15. The van der Waals surface area contributed by atoms with Gasteiger partial charge in [-0.2, -0.15) is 0 Å². The lowest BCUT2D eigenvalue weighted by Gasteiger charge is -2.14. The number of nitro benzene ring substituents is 1. The minimum absolute atomic E-state index is 0.0637. The van der Waals surface area contributed by atoms with Crippen molar-refractivity contribution in [3.63, 3.8) is 0 Å². The number of carbonyl (C=O) groups excluding carboxylic acids is 1. The fourth-order valence-corrected chi connectivity index (χ4v) is 1.97. The van der Waals surface area contributed by atoms with Crippen LogP contribution in [0.2, 0.25) is 5.02 Å². The molecule has 0 saturated carbocycles. The highest BCUT2D eigenvalue weighted by molar-refractivity contribution is 6.31. The van der Waals surface area contributed by atoms with Crippen molar-refractivity contribution in [2.24, 2.45) is 0 Å². The van der Waals surface area contributed by atoms with Gasteiger partial charge in [0.2, 0.25) is 0 Å². The number of anilines is 1. The molecule has 114 valence electrons. The first-order chi connectivity index (χ1) is 10.4. The molecule has 1 N–H and O–H groups in total. The molecule has 22 heavy (non-hydrogen) atoms. The van der Waals surface area contributed by atoms with Gasteiger partial charge in [-0.25, -0.2) is 0 Å². The summed E-state index contributed by atoms with van der Waals surface area (Å²) in [5.74, 6) is -1.16. The average Bonchev–Trinajstić information content (AvgIpc) is 2.49. The Bertz CT molecular complexity index is 731. The fourth-order valence-electron chi connectivity index (χ4n) is 1.76. The number of nitrogens with one attached hydrogen (secondary N) is 1. The SMILES string of the molecule is COc1ccc(NC(=O)c2cc(Cl)cc([N+](=O)[O-])c2[O-])cc1. The Balaban J connectivity index is 2.30. The Kier molecular flexibility index (Phi) is 4.47. The van der Waals surface area contributed by atoms with Crippen molar-refractivity contribution in [1.82, 2.24) is 0 Å². The van der Waals surface area contributed by atoms with Crippen molar-refractivity contribution in [2.45, 2.75) is 0 Å². The van der Waals surface area contributed by atoms with Crippen molar-refractivity contribution >= 4 is 28.9 Å². The Hall–Kier alpha value is -2.80. The number of nitrogens with zero attached hydrogens (tertiary/aromatic N) is 1. The standard InChI is InChI=1S/C14H11ClN2O5/c1-22-10-4-2-9(3-5-10)16-14(19)11-6-8(15)7-12(13(11)18)17(20)21/h2-7,18H,1H3,(H,16,19)/p-1. The Labute approximate surface area is 130 Å². The summed E-state index contributed by atoms with van der Waals surface area (Å²) >= 11 is 5.71. The molecule has 0 aliphatic carbocycles. The Morgan fingerprint density at radius 2 is 1.91 bits per heavy atom. The lowest BCUT2D eigenvalue weighted by molar-refractivity contribution is -0.398. The van der Waals surface area contributed by atoms with E-state index in [-0.39, 0.29) is 5.02 Å². The highest BCUT2D eigenvalue weighted by atomic mass is 35.5. The van der Waals surface area contributed by atoms with Crippen molar-refractivity contribution in [2.75, 3.05) is 12.4 Å². The molecule has 1 amide bonds. The summed E-state index contributed by atoms with van der Waals surface area (Å²) < 4.78 is 4.98. The molecule has 0 radical (unpaired) electrons. The molecule has 0 saturated heterocycles. The van der Waals surface area contributed by atoms with E-state index in [1.807, 2.05) is 0 Å². The maximum Gasteiger partial charge on any atom is 0.264 e. The average molecular weight is 322 g/mol. The van der Waals surface area contributed by atoms with Crippen molar-refractivity contribution in [1.29, 1.82) is 0 Å². The third-order valence-corrected chi connectivity index (χ3v) is 3.04. The van der Waals surface area contributed by atoms with Crippen LogP contribution in [0.25, 0.3) is 0 Å². The minimum Gasteiger partial charge on any atom is -0.867 e. The van der Waals surface area contributed by atoms with E-state index in [9.17, 15) is 20.0 Å². The van der Waals surface area contributed by atoms with Gasteiger partial charge in [0.05, 0.1) is 12.0 Å². The van der Waals surface area contributed by atoms with E-state index >= 15 is 0 Å². The van der Waals surface area contributed by atoms with E-state index in [4.69, 9.17) is 16.3 Å². The minimum atomic E-state index is -0.986. The van der Waals surface area contributed by atoms with Crippen molar-refractivity contribution < 1.29 is 19.6 Å². The van der Waals surface area contributed by atoms with E-state index < -0.39 is 27.8 Å². The topological polar surface area (TPSA) is 105 Å². The molecule has 0 unspecified atom stereocenters. The lowest BCUT2D eigenvalue weighted by atomic mass is 10.1. The quantitative estimate of drug-likeness (QED) is 0.688. The van der Waals surface area contributed by atoms with E-state index in [0.717, 1.165) is 12.1 Å². The second kappa shape index (κ2) is 6.31. The third kappa shape index (κ3) is 3.26. The molecule has 2 aromatic rings. The zero-order valence-electron chi connectivity index (χ0n) is 11.3. The molecule has 0 aliphatic heterocycles. The molecular weight excluding hydrogens is 312 g/mol. The van der Waals surface area contributed by atoms with Crippen LogP contribution in [0.1, 0.15) is 10.4 Å². The van der Waals surface area contributed by atoms with Gasteiger partial charge in [-0.1, -0.05) is 11.6 Å². The Morgan fingerprint density at radius 3 is 2.45 bits per heavy atom. The predicted octanol–water partition coefficient (Wildman–Crippen LogP) is 2.58. The summed E-state index contributed by atoms with van der Waals surface area (Å²) in [7, 11) is 1.50. The maximum absolute atomic E-state index is 12.1. The van der Waals surface area contributed by atoms with Crippen LogP contribution < -0.4 is 15.2 Å².